The van der Waals surface area contributed by atoms with Crippen molar-refractivity contribution >= 4 is 21.6 Å². The van der Waals surface area contributed by atoms with Crippen molar-refractivity contribution in [1.82, 2.24) is 9.62 Å². The Morgan fingerprint density at radius 1 is 0.857 bits per heavy atom. The van der Waals surface area contributed by atoms with Gasteiger partial charge in [-0.25, -0.2) is 8.42 Å². The molecule has 1 amide bonds. The Balaban J connectivity index is 1.56. The van der Waals surface area contributed by atoms with E-state index in [4.69, 9.17) is 0 Å². The number of hydrogen-bond acceptors (Lipinski definition) is 4. The van der Waals surface area contributed by atoms with Gasteiger partial charge in [-0.05, 0) is 56.0 Å². The number of aryl methyl sites for hydroxylation is 3. The third kappa shape index (κ3) is 5.92. The standard InChI is InChI=1S/C28H33N3O3S/c1-21-18-22(2)27(23(3)19-21)35(33,34)29-26(20-24-10-6-4-7-11-24)28(32)31-16-14-30(15-17-31)25-12-8-5-9-13-25/h4-13,18-19,26,29H,14-17,20H2,1-3H3. The van der Waals surface area contributed by atoms with E-state index in [0.29, 0.717) is 43.7 Å². The average Bonchev–Trinajstić information content (AvgIpc) is 2.83. The number of nitrogens with one attached hydrogen (secondary N) is 1. The number of piperazine rings is 1. The number of rotatable bonds is 7. The molecule has 1 aliphatic rings. The molecule has 1 fully saturated rings. The number of amides is 1. The zero-order chi connectivity index (χ0) is 25.0. The summed E-state index contributed by atoms with van der Waals surface area (Å²) in [6.45, 7) is 8.04. The molecule has 35 heavy (non-hydrogen) atoms. The highest BCUT2D eigenvalue weighted by Gasteiger charge is 2.32. The normalized spacial score (nSPS) is 15.2. The van der Waals surface area contributed by atoms with Crippen LogP contribution in [0.15, 0.2) is 77.7 Å². The topological polar surface area (TPSA) is 69.7 Å². The Hall–Kier alpha value is -3.16. The lowest BCUT2D eigenvalue weighted by Crippen LogP contribution is -2.55. The van der Waals surface area contributed by atoms with E-state index in [1.54, 1.807) is 18.7 Å². The van der Waals surface area contributed by atoms with Gasteiger partial charge in [0.1, 0.15) is 6.04 Å². The van der Waals surface area contributed by atoms with Gasteiger partial charge in [0.25, 0.3) is 0 Å². The molecule has 1 heterocycles. The Morgan fingerprint density at radius 3 is 1.97 bits per heavy atom. The minimum absolute atomic E-state index is 0.187. The van der Waals surface area contributed by atoms with E-state index in [1.807, 2.05) is 67.6 Å². The quantitative estimate of drug-likeness (QED) is 0.545. The van der Waals surface area contributed by atoms with Gasteiger partial charge < -0.3 is 9.80 Å². The lowest BCUT2D eigenvalue weighted by molar-refractivity contribution is -0.133. The summed E-state index contributed by atoms with van der Waals surface area (Å²) < 4.78 is 29.8. The number of carbonyl (C=O) groups excluding carboxylic acids is 1. The van der Waals surface area contributed by atoms with Gasteiger partial charge in [0, 0.05) is 31.9 Å². The van der Waals surface area contributed by atoms with Gasteiger partial charge in [-0.1, -0.05) is 66.2 Å². The summed E-state index contributed by atoms with van der Waals surface area (Å²) in [6.07, 6.45) is 0.293. The van der Waals surface area contributed by atoms with E-state index in [2.05, 4.69) is 21.8 Å². The van der Waals surface area contributed by atoms with Crippen molar-refractivity contribution in [2.24, 2.45) is 0 Å². The van der Waals surface area contributed by atoms with Crippen molar-refractivity contribution in [2.75, 3.05) is 31.1 Å². The Bertz CT molecular complexity index is 1250. The van der Waals surface area contributed by atoms with Crippen molar-refractivity contribution < 1.29 is 13.2 Å². The summed E-state index contributed by atoms with van der Waals surface area (Å²) in [5, 5.41) is 0. The maximum Gasteiger partial charge on any atom is 0.241 e. The minimum Gasteiger partial charge on any atom is -0.368 e. The van der Waals surface area contributed by atoms with E-state index in [-0.39, 0.29) is 10.8 Å². The number of para-hydroxylation sites is 1. The van der Waals surface area contributed by atoms with Crippen molar-refractivity contribution in [3.05, 3.63) is 95.1 Å². The molecule has 0 spiro atoms. The lowest BCUT2D eigenvalue weighted by Gasteiger charge is -2.37. The van der Waals surface area contributed by atoms with Crippen LogP contribution in [0.2, 0.25) is 0 Å². The van der Waals surface area contributed by atoms with Crippen LogP contribution in [0.25, 0.3) is 0 Å². The third-order valence-corrected chi connectivity index (χ3v) is 8.24. The molecular formula is C28H33N3O3S. The molecule has 7 heteroatoms. The highest BCUT2D eigenvalue weighted by molar-refractivity contribution is 7.89. The molecular weight excluding hydrogens is 458 g/mol. The van der Waals surface area contributed by atoms with Gasteiger partial charge in [0.2, 0.25) is 15.9 Å². The molecule has 3 aromatic rings. The molecule has 1 N–H and O–H groups in total. The molecule has 1 unspecified atom stereocenters. The smallest absolute Gasteiger partial charge is 0.241 e. The van der Waals surface area contributed by atoms with Crippen molar-refractivity contribution in [2.45, 2.75) is 38.1 Å². The van der Waals surface area contributed by atoms with E-state index < -0.39 is 16.1 Å². The summed E-state index contributed by atoms with van der Waals surface area (Å²) in [4.78, 5) is 17.9. The molecule has 3 aromatic carbocycles. The number of hydrogen-bond donors (Lipinski definition) is 1. The van der Waals surface area contributed by atoms with E-state index in [0.717, 1.165) is 16.8 Å². The molecule has 0 radical (unpaired) electrons. The second kappa shape index (κ2) is 10.6. The van der Waals surface area contributed by atoms with Crippen LogP contribution >= 0.6 is 0 Å². The van der Waals surface area contributed by atoms with Crippen LogP contribution in [0.3, 0.4) is 0 Å². The third-order valence-electron chi connectivity index (χ3n) is 6.46. The molecule has 6 nitrogen and oxygen atoms in total. The molecule has 0 aliphatic carbocycles. The fourth-order valence-corrected chi connectivity index (χ4v) is 6.55. The van der Waals surface area contributed by atoms with Gasteiger partial charge in [-0.2, -0.15) is 4.72 Å². The van der Waals surface area contributed by atoms with Gasteiger partial charge in [0.15, 0.2) is 0 Å². The first kappa shape index (κ1) is 24.9. The van der Waals surface area contributed by atoms with E-state index in [1.165, 1.54) is 0 Å². The molecule has 0 aromatic heterocycles. The van der Waals surface area contributed by atoms with Crippen LogP contribution in [0.1, 0.15) is 22.3 Å². The highest BCUT2D eigenvalue weighted by Crippen LogP contribution is 2.23. The molecule has 0 saturated carbocycles. The summed E-state index contributed by atoms with van der Waals surface area (Å²) in [7, 11) is -3.90. The number of sulfonamides is 1. The summed E-state index contributed by atoms with van der Waals surface area (Å²) >= 11 is 0. The molecule has 4 rings (SSSR count). The zero-order valence-corrected chi connectivity index (χ0v) is 21.4. The SMILES string of the molecule is Cc1cc(C)c(S(=O)(=O)NC(Cc2ccccc2)C(=O)N2CCN(c3ccccc3)CC2)c(C)c1. The number of anilines is 1. The maximum atomic E-state index is 13.7. The van der Waals surface area contributed by atoms with Crippen LogP contribution in [0, 0.1) is 20.8 Å². The predicted molar refractivity (Wildman–Crippen MR) is 140 cm³/mol. The number of benzene rings is 3. The Kier molecular flexibility index (Phi) is 7.57. The maximum absolute atomic E-state index is 13.7. The van der Waals surface area contributed by atoms with Crippen molar-refractivity contribution in [3.63, 3.8) is 0 Å². The lowest BCUT2D eigenvalue weighted by atomic mass is 10.1. The number of carbonyl (C=O) groups is 1. The fraction of sp³-hybridized carbons (Fsp3) is 0.321. The highest BCUT2D eigenvalue weighted by atomic mass is 32.2. The first-order valence-electron chi connectivity index (χ1n) is 12.0. The fourth-order valence-electron chi connectivity index (χ4n) is 4.91. The Labute approximate surface area is 208 Å². The molecule has 1 aliphatic heterocycles. The Morgan fingerprint density at radius 2 is 1.40 bits per heavy atom. The first-order chi connectivity index (χ1) is 16.7. The minimum atomic E-state index is -3.90. The van der Waals surface area contributed by atoms with Gasteiger partial charge in [0.05, 0.1) is 4.90 Å². The van der Waals surface area contributed by atoms with Gasteiger partial charge >= 0.3 is 0 Å². The molecule has 1 saturated heterocycles. The average molecular weight is 492 g/mol. The molecule has 184 valence electrons. The first-order valence-corrected chi connectivity index (χ1v) is 13.5. The second-order valence-corrected chi connectivity index (χ2v) is 10.9. The molecule has 0 bridgehead atoms. The second-order valence-electron chi connectivity index (χ2n) is 9.24. The number of nitrogens with zero attached hydrogens (tertiary/aromatic N) is 2. The van der Waals surface area contributed by atoms with Crippen molar-refractivity contribution in [1.29, 1.82) is 0 Å². The summed E-state index contributed by atoms with van der Waals surface area (Å²) in [5.41, 5.74) is 4.40. The largest absolute Gasteiger partial charge is 0.368 e. The van der Waals surface area contributed by atoms with Crippen LogP contribution in [0.4, 0.5) is 5.69 Å². The van der Waals surface area contributed by atoms with Gasteiger partial charge in [-0.3, -0.25) is 4.79 Å². The van der Waals surface area contributed by atoms with Crippen LogP contribution < -0.4 is 9.62 Å². The zero-order valence-electron chi connectivity index (χ0n) is 20.6. The van der Waals surface area contributed by atoms with Crippen LogP contribution in [-0.2, 0) is 21.2 Å². The monoisotopic (exact) mass is 491 g/mol. The van der Waals surface area contributed by atoms with Crippen LogP contribution in [0.5, 0.6) is 0 Å². The van der Waals surface area contributed by atoms with Crippen molar-refractivity contribution in [3.8, 4) is 0 Å². The van der Waals surface area contributed by atoms with Gasteiger partial charge in [-0.15, -0.1) is 0 Å². The van der Waals surface area contributed by atoms with E-state index >= 15 is 0 Å². The van der Waals surface area contributed by atoms with E-state index in [9.17, 15) is 13.2 Å². The predicted octanol–water partition coefficient (Wildman–Crippen LogP) is 3.85. The summed E-state index contributed by atoms with van der Waals surface area (Å²) in [5.74, 6) is -0.187. The molecule has 1 atom stereocenters. The summed E-state index contributed by atoms with van der Waals surface area (Å²) in [6, 6.07) is 22.5. The van der Waals surface area contributed by atoms with Crippen LogP contribution in [-0.4, -0.2) is 51.4 Å².